The molecular weight excluding hydrogens is 232 g/mol. The first-order valence-electron chi connectivity index (χ1n) is 6.42. The molecule has 1 saturated carbocycles. The van der Waals surface area contributed by atoms with Crippen LogP contribution in [0.3, 0.4) is 0 Å². The molecule has 18 heavy (non-hydrogen) atoms. The van der Waals surface area contributed by atoms with Crippen LogP contribution < -0.4 is 5.46 Å². The smallest absolute Gasteiger partial charge is 0.423 e. The van der Waals surface area contributed by atoms with Gasteiger partial charge in [0.25, 0.3) is 0 Å². The first-order chi connectivity index (χ1) is 8.56. The Balaban J connectivity index is 2.08. The molecule has 1 aromatic carbocycles. The van der Waals surface area contributed by atoms with Crippen LogP contribution in [0.4, 0.5) is 4.39 Å². The molecule has 2 rings (SSSR count). The average molecular weight is 251 g/mol. The lowest BCUT2D eigenvalue weighted by Gasteiger charge is -2.24. The Morgan fingerprint density at radius 3 is 2.56 bits per heavy atom. The van der Waals surface area contributed by atoms with Crippen molar-refractivity contribution in [3.05, 3.63) is 29.6 Å². The van der Waals surface area contributed by atoms with Gasteiger partial charge in [-0.2, -0.15) is 0 Å². The Kier molecular flexibility index (Phi) is 4.38. The monoisotopic (exact) mass is 251 g/mol. The van der Waals surface area contributed by atoms with Crippen LogP contribution in [-0.2, 0) is 6.54 Å². The zero-order chi connectivity index (χ0) is 13.1. The maximum absolute atomic E-state index is 13.4. The predicted molar refractivity (Wildman–Crippen MR) is 69.9 cm³/mol. The van der Waals surface area contributed by atoms with Gasteiger partial charge in [0.1, 0.15) is 5.82 Å². The van der Waals surface area contributed by atoms with Crippen molar-refractivity contribution < 1.29 is 14.4 Å². The molecule has 5 heteroatoms. The molecule has 0 heterocycles. The molecule has 1 aromatic rings. The van der Waals surface area contributed by atoms with Crippen LogP contribution in [0.15, 0.2) is 18.2 Å². The van der Waals surface area contributed by atoms with Crippen molar-refractivity contribution in [2.75, 3.05) is 7.05 Å². The van der Waals surface area contributed by atoms with Gasteiger partial charge in [-0.05, 0) is 43.0 Å². The fourth-order valence-electron chi connectivity index (χ4n) is 2.68. The summed E-state index contributed by atoms with van der Waals surface area (Å²) in [6.07, 6.45) is 4.92. The number of hydrogen-bond donors (Lipinski definition) is 2. The highest BCUT2D eigenvalue weighted by Crippen LogP contribution is 2.23. The van der Waals surface area contributed by atoms with E-state index in [0.717, 1.165) is 11.6 Å². The molecule has 1 aliphatic rings. The molecule has 0 amide bonds. The minimum atomic E-state index is -1.61. The molecule has 98 valence electrons. The summed E-state index contributed by atoms with van der Waals surface area (Å²) in [4.78, 5) is 2.22. The second-order valence-electron chi connectivity index (χ2n) is 5.12. The van der Waals surface area contributed by atoms with E-state index >= 15 is 0 Å². The van der Waals surface area contributed by atoms with Gasteiger partial charge in [-0.15, -0.1) is 0 Å². The normalized spacial score (nSPS) is 16.5. The van der Waals surface area contributed by atoms with Gasteiger partial charge < -0.3 is 10.0 Å². The van der Waals surface area contributed by atoms with Crippen LogP contribution >= 0.6 is 0 Å². The molecule has 0 bridgehead atoms. The maximum Gasteiger partial charge on any atom is 0.488 e. The molecular formula is C13H19BFNO2. The van der Waals surface area contributed by atoms with E-state index in [-0.39, 0.29) is 5.46 Å². The summed E-state index contributed by atoms with van der Waals surface area (Å²) in [6.45, 7) is 0.641. The Hall–Kier alpha value is -0.905. The SMILES string of the molecule is CN(Cc1cc(F)cc(B(O)O)c1)C1CCCC1. The number of benzene rings is 1. The Labute approximate surface area is 107 Å². The summed E-state index contributed by atoms with van der Waals surface area (Å²) < 4.78 is 13.4. The van der Waals surface area contributed by atoms with Crippen molar-refractivity contribution in [3.8, 4) is 0 Å². The van der Waals surface area contributed by atoms with E-state index in [1.54, 1.807) is 6.07 Å². The van der Waals surface area contributed by atoms with Gasteiger partial charge in [0.15, 0.2) is 0 Å². The second-order valence-corrected chi connectivity index (χ2v) is 5.12. The van der Waals surface area contributed by atoms with Gasteiger partial charge in [0.2, 0.25) is 0 Å². The third-order valence-electron chi connectivity index (χ3n) is 3.66. The summed E-state index contributed by atoms with van der Waals surface area (Å²) in [6, 6.07) is 4.83. The van der Waals surface area contributed by atoms with Gasteiger partial charge in [0, 0.05) is 12.6 Å². The lowest BCUT2D eigenvalue weighted by atomic mass is 9.79. The van der Waals surface area contributed by atoms with Gasteiger partial charge in [-0.1, -0.05) is 18.9 Å². The second kappa shape index (κ2) is 5.82. The van der Waals surface area contributed by atoms with E-state index in [1.807, 2.05) is 7.05 Å². The maximum atomic E-state index is 13.4. The highest BCUT2D eigenvalue weighted by atomic mass is 19.1. The molecule has 0 saturated heterocycles. The van der Waals surface area contributed by atoms with Gasteiger partial charge in [-0.25, -0.2) is 4.39 Å². The van der Waals surface area contributed by atoms with Crippen molar-refractivity contribution in [2.45, 2.75) is 38.3 Å². The highest BCUT2D eigenvalue weighted by molar-refractivity contribution is 6.58. The van der Waals surface area contributed by atoms with Gasteiger partial charge >= 0.3 is 7.12 Å². The molecule has 1 fully saturated rings. The number of rotatable bonds is 4. The van der Waals surface area contributed by atoms with Crippen LogP contribution in [0.5, 0.6) is 0 Å². The van der Waals surface area contributed by atoms with Crippen molar-refractivity contribution in [1.82, 2.24) is 4.90 Å². The van der Waals surface area contributed by atoms with E-state index in [2.05, 4.69) is 4.90 Å². The van der Waals surface area contributed by atoms with Gasteiger partial charge in [-0.3, -0.25) is 4.90 Å². The lowest BCUT2D eigenvalue weighted by Crippen LogP contribution is -2.32. The van der Waals surface area contributed by atoms with Crippen LogP contribution in [-0.4, -0.2) is 35.2 Å². The van der Waals surface area contributed by atoms with E-state index in [0.29, 0.717) is 12.6 Å². The Bertz CT molecular complexity index is 408. The lowest BCUT2D eigenvalue weighted by molar-refractivity contribution is 0.237. The molecule has 0 aliphatic heterocycles. The summed E-state index contributed by atoms with van der Waals surface area (Å²) in [5.41, 5.74) is 0.998. The average Bonchev–Trinajstić information content (AvgIpc) is 2.81. The van der Waals surface area contributed by atoms with E-state index in [9.17, 15) is 4.39 Å². The topological polar surface area (TPSA) is 43.7 Å². The van der Waals surface area contributed by atoms with Crippen molar-refractivity contribution >= 4 is 12.6 Å². The molecule has 0 atom stereocenters. The Morgan fingerprint density at radius 1 is 1.28 bits per heavy atom. The number of nitrogens with zero attached hydrogens (tertiary/aromatic N) is 1. The largest absolute Gasteiger partial charge is 0.488 e. The summed E-state index contributed by atoms with van der Waals surface area (Å²) in [5.74, 6) is -0.421. The van der Waals surface area contributed by atoms with Crippen molar-refractivity contribution in [2.24, 2.45) is 0 Å². The molecule has 2 N–H and O–H groups in total. The van der Waals surface area contributed by atoms with Crippen LogP contribution in [0.25, 0.3) is 0 Å². The van der Waals surface area contributed by atoms with Crippen LogP contribution in [0.1, 0.15) is 31.2 Å². The summed E-state index contributed by atoms with van der Waals surface area (Å²) in [5, 5.41) is 18.2. The zero-order valence-electron chi connectivity index (χ0n) is 10.6. The Morgan fingerprint density at radius 2 is 1.94 bits per heavy atom. The van der Waals surface area contributed by atoms with Crippen LogP contribution in [0.2, 0.25) is 0 Å². The molecule has 0 spiro atoms. The van der Waals surface area contributed by atoms with Crippen molar-refractivity contribution in [1.29, 1.82) is 0 Å². The number of halogens is 1. The van der Waals surface area contributed by atoms with E-state index < -0.39 is 12.9 Å². The molecule has 0 unspecified atom stereocenters. The van der Waals surface area contributed by atoms with Crippen molar-refractivity contribution in [3.63, 3.8) is 0 Å². The molecule has 0 aromatic heterocycles. The minimum Gasteiger partial charge on any atom is -0.423 e. The highest BCUT2D eigenvalue weighted by Gasteiger charge is 2.20. The standard InChI is InChI=1S/C13H19BFNO2/c1-16(13-4-2-3-5-13)9-10-6-11(14(17)18)8-12(15)7-10/h6-8,13,17-18H,2-5,9H2,1H3. The van der Waals surface area contributed by atoms with E-state index in [4.69, 9.17) is 10.0 Å². The van der Waals surface area contributed by atoms with Gasteiger partial charge in [0.05, 0.1) is 0 Å². The molecule has 1 aliphatic carbocycles. The predicted octanol–water partition coefficient (Wildman–Crippen LogP) is 0.880. The fraction of sp³-hybridized carbons (Fsp3) is 0.538. The first-order valence-corrected chi connectivity index (χ1v) is 6.42. The zero-order valence-corrected chi connectivity index (χ0v) is 10.6. The minimum absolute atomic E-state index is 0.213. The van der Waals surface area contributed by atoms with Crippen LogP contribution in [0, 0.1) is 5.82 Å². The summed E-state index contributed by atoms with van der Waals surface area (Å²) in [7, 11) is 0.423. The molecule has 3 nitrogen and oxygen atoms in total. The summed E-state index contributed by atoms with van der Waals surface area (Å²) >= 11 is 0. The molecule has 0 radical (unpaired) electrons. The fourth-order valence-corrected chi connectivity index (χ4v) is 2.68. The quantitative estimate of drug-likeness (QED) is 0.781. The third kappa shape index (κ3) is 3.31. The number of hydrogen-bond acceptors (Lipinski definition) is 3. The third-order valence-corrected chi connectivity index (χ3v) is 3.66. The van der Waals surface area contributed by atoms with E-state index in [1.165, 1.54) is 31.7 Å². The first kappa shape index (κ1) is 13.5.